The Balaban J connectivity index is 1.95. The minimum atomic E-state index is -3.27. The van der Waals surface area contributed by atoms with Gasteiger partial charge in [0.1, 0.15) is 0 Å². The van der Waals surface area contributed by atoms with Crippen LogP contribution in [0.25, 0.3) is 12.2 Å². The zero-order chi connectivity index (χ0) is 20.7. The van der Waals surface area contributed by atoms with Crippen LogP contribution in [0, 0.1) is 0 Å². The smallest absolute Gasteiger partial charge is 0.175 e. The third kappa shape index (κ3) is 6.21. The molecule has 0 radical (unpaired) electrons. The van der Waals surface area contributed by atoms with E-state index >= 15 is 0 Å². The van der Waals surface area contributed by atoms with Gasteiger partial charge in [0.2, 0.25) is 0 Å². The lowest BCUT2D eigenvalue weighted by Crippen LogP contribution is -2.02. The molecule has 0 heterocycles. The van der Waals surface area contributed by atoms with Crippen LogP contribution in [-0.4, -0.2) is 38.5 Å². The zero-order valence-corrected chi connectivity index (χ0v) is 16.3. The fraction of sp³-hybridized carbons (Fsp3) is 0.143. The van der Waals surface area contributed by atoms with Crippen LogP contribution in [0.2, 0.25) is 0 Å². The first-order valence-electron chi connectivity index (χ1n) is 8.28. The number of allylic oxidation sites excluding steroid dienone is 2. The van der Waals surface area contributed by atoms with E-state index in [2.05, 4.69) is 0 Å². The van der Waals surface area contributed by atoms with Gasteiger partial charge >= 0.3 is 0 Å². The minimum Gasteiger partial charge on any atom is -0.504 e. The molecule has 0 aliphatic heterocycles. The topological polar surface area (TPSA) is 97.7 Å². The lowest BCUT2D eigenvalue weighted by molar-refractivity contribution is -0.121. The Kier molecular flexibility index (Phi) is 6.89. The number of rotatable bonds is 8. The van der Waals surface area contributed by atoms with E-state index in [-0.39, 0.29) is 34.4 Å². The molecule has 0 aliphatic carbocycles. The van der Waals surface area contributed by atoms with Gasteiger partial charge in [-0.1, -0.05) is 30.4 Å². The molecule has 0 saturated carbocycles. The Bertz CT molecular complexity index is 1030. The van der Waals surface area contributed by atoms with E-state index in [1.165, 1.54) is 49.6 Å². The maximum Gasteiger partial charge on any atom is 0.175 e. The van der Waals surface area contributed by atoms with Crippen molar-refractivity contribution in [1.82, 2.24) is 0 Å². The fourth-order valence-corrected chi connectivity index (χ4v) is 2.92. The normalized spacial score (nSPS) is 11.8. The fourth-order valence-electron chi connectivity index (χ4n) is 2.29. The zero-order valence-electron chi connectivity index (χ0n) is 15.5. The van der Waals surface area contributed by atoms with Gasteiger partial charge in [0.25, 0.3) is 0 Å². The van der Waals surface area contributed by atoms with Gasteiger partial charge < -0.3 is 9.84 Å². The van der Waals surface area contributed by atoms with Crippen molar-refractivity contribution in [3.05, 3.63) is 65.7 Å². The Labute approximate surface area is 163 Å². The van der Waals surface area contributed by atoms with Crippen LogP contribution in [0.4, 0.5) is 0 Å². The third-order valence-corrected chi connectivity index (χ3v) is 4.91. The molecule has 0 amide bonds. The van der Waals surface area contributed by atoms with Crippen LogP contribution < -0.4 is 4.74 Å². The summed E-state index contributed by atoms with van der Waals surface area (Å²) in [6.07, 6.45) is 6.46. The quantitative estimate of drug-likeness (QED) is 0.540. The number of carbonyl (C=O) groups excluding carboxylic acids is 2. The third-order valence-electron chi connectivity index (χ3n) is 3.78. The summed E-state index contributed by atoms with van der Waals surface area (Å²) in [5.74, 6) is -0.453. The van der Waals surface area contributed by atoms with Gasteiger partial charge in [0.05, 0.1) is 18.4 Å². The SMILES string of the molecule is COc1cc(C=CC(=O)CC(=O)C=Cc2ccc(S(C)(=O)=O)cc2)ccc1O. The van der Waals surface area contributed by atoms with Gasteiger partial charge in [-0.15, -0.1) is 0 Å². The monoisotopic (exact) mass is 400 g/mol. The van der Waals surface area contributed by atoms with Crippen LogP contribution >= 0.6 is 0 Å². The molecule has 1 N–H and O–H groups in total. The molecular weight excluding hydrogens is 380 g/mol. The minimum absolute atomic E-state index is 0.00383. The summed E-state index contributed by atoms with van der Waals surface area (Å²) in [6, 6.07) is 10.7. The number of carbonyl (C=O) groups is 2. The van der Waals surface area contributed by atoms with E-state index in [1.54, 1.807) is 24.3 Å². The Morgan fingerprint density at radius 1 is 0.964 bits per heavy atom. The second-order valence-electron chi connectivity index (χ2n) is 6.05. The Morgan fingerprint density at radius 2 is 1.50 bits per heavy atom. The number of benzene rings is 2. The molecule has 0 fully saturated rings. The number of phenolic OH excluding ortho intramolecular Hbond substituents is 1. The van der Waals surface area contributed by atoms with Crippen molar-refractivity contribution in [2.75, 3.05) is 13.4 Å². The van der Waals surface area contributed by atoms with Crippen molar-refractivity contribution < 1.29 is 27.9 Å². The highest BCUT2D eigenvalue weighted by Crippen LogP contribution is 2.26. The van der Waals surface area contributed by atoms with Crippen molar-refractivity contribution in [2.45, 2.75) is 11.3 Å². The summed E-state index contributed by atoms with van der Waals surface area (Å²) in [4.78, 5) is 24.0. The van der Waals surface area contributed by atoms with Gasteiger partial charge in [-0.25, -0.2) is 8.42 Å². The maximum atomic E-state index is 11.9. The lowest BCUT2D eigenvalue weighted by Gasteiger charge is -2.03. The highest BCUT2D eigenvalue weighted by molar-refractivity contribution is 7.90. The maximum absolute atomic E-state index is 11.9. The second-order valence-corrected chi connectivity index (χ2v) is 8.06. The van der Waals surface area contributed by atoms with Crippen molar-refractivity contribution >= 4 is 33.6 Å². The van der Waals surface area contributed by atoms with Crippen LogP contribution in [0.5, 0.6) is 11.5 Å². The molecule has 0 aliphatic rings. The molecule has 28 heavy (non-hydrogen) atoms. The number of hydrogen-bond donors (Lipinski definition) is 1. The molecule has 0 atom stereocenters. The average Bonchev–Trinajstić information content (AvgIpc) is 2.65. The van der Waals surface area contributed by atoms with E-state index in [0.29, 0.717) is 11.1 Å². The highest BCUT2D eigenvalue weighted by Gasteiger charge is 2.07. The van der Waals surface area contributed by atoms with Crippen LogP contribution in [0.3, 0.4) is 0 Å². The van der Waals surface area contributed by atoms with E-state index in [9.17, 15) is 23.1 Å². The summed E-state index contributed by atoms with van der Waals surface area (Å²) in [5, 5.41) is 9.54. The summed E-state index contributed by atoms with van der Waals surface area (Å²) in [5.41, 5.74) is 1.30. The largest absolute Gasteiger partial charge is 0.504 e. The van der Waals surface area contributed by atoms with Gasteiger partial charge in [-0.3, -0.25) is 9.59 Å². The summed E-state index contributed by atoms with van der Waals surface area (Å²) < 4.78 is 27.8. The second kappa shape index (κ2) is 9.14. The van der Waals surface area contributed by atoms with Crippen LogP contribution in [0.15, 0.2) is 59.5 Å². The van der Waals surface area contributed by atoms with Crippen molar-refractivity contribution in [3.63, 3.8) is 0 Å². The number of methoxy groups -OCH3 is 1. The van der Waals surface area contributed by atoms with Crippen LogP contribution in [0.1, 0.15) is 17.5 Å². The molecular formula is C21H20O6S. The van der Waals surface area contributed by atoms with E-state index < -0.39 is 9.84 Å². The van der Waals surface area contributed by atoms with Gasteiger partial charge in [0.15, 0.2) is 32.9 Å². The Morgan fingerprint density at radius 3 is 2.04 bits per heavy atom. The predicted octanol–water partition coefficient (Wildman–Crippen LogP) is 3.06. The molecule has 0 spiro atoms. The van der Waals surface area contributed by atoms with E-state index in [4.69, 9.17) is 4.74 Å². The summed E-state index contributed by atoms with van der Waals surface area (Å²) in [7, 11) is -1.84. The molecule has 7 heteroatoms. The molecule has 0 saturated heterocycles. The van der Waals surface area contributed by atoms with Crippen molar-refractivity contribution in [2.24, 2.45) is 0 Å². The molecule has 0 aromatic heterocycles. The number of sulfone groups is 1. The molecule has 2 rings (SSSR count). The van der Waals surface area contributed by atoms with E-state index in [0.717, 1.165) is 6.26 Å². The highest BCUT2D eigenvalue weighted by atomic mass is 32.2. The van der Waals surface area contributed by atoms with E-state index in [1.807, 2.05) is 0 Å². The first kappa shape index (κ1) is 21.1. The van der Waals surface area contributed by atoms with Gasteiger partial charge in [0, 0.05) is 6.26 Å². The van der Waals surface area contributed by atoms with Crippen LogP contribution in [-0.2, 0) is 19.4 Å². The number of ether oxygens (including phenoxy) is 1. The molecule has 0 bridgehead atoms. The molecule has 2 aromatic carbocycles. The summed E-state index contributed by atoms with van der Waals surface area (Å²) >= 11 is 0. The van der Waals surface area contributed by atoms with Crippen molar-refractivity contribution in [1.29, 1.82) is 0 Å². The lowest BCUT2D eigenvalue weighted by atomic mass is 10.1. The first-order chi connectivity index (χ1) is 13.2. The Hall–Kier alpha value is -3.19. The van der Waals surface area contributed by atoms with Gasteiger partial charge in [-0.05, 0) is 47.5 Å². The van der Waals surface area contributed by atoms with Crippen molar-refractivity contribution in [3.8, 4) is 11.5 Å². The first-order valence-corrected chi connectivity index (χ1v) is 10.2. The number of phenols is 1. The number of hydrogen-bond acceptors (Lipinski definition) is 6. The molecule has 146 valence electrons. The average molecular weight is 400 g/mol. The molecule has 2 aromatic rings. The summed E-state index contributed by atoms with van der Waals surface area (Å²) in [6.45, 7) is 0. The van der Waals surface area contributed by atoms with Gasteiger partial charge in [-0.2, -0.15) is 0 Å². The number of aromatic hydroxyl groups is 1. The number of ketones is 2. The molecule has 0 unspecified atom stereocenters. The standard InChI is InChI=1S/C21H20O6S/c1-27-21-13-16(7-12-20(21)24)4-9-18(23)14-17(22)8-3-15-5-10-19(11-6-15)28(2,25)26/h3-13,24H,14H2,1-2H3. The molecule has 6 nitrogen and oxygen atoms in total. The predicted molar refractivity (Wildman–Crippen MR) is 107 cm³/mol.